The second-order valence-corrected chi connectivity index (χ2v) is 4.22. The Labute approximate surface area is 117 Å². The standard InChI is InChI=1S/C12H9F2N3O4/c1-16-10(19)11(20)17(12(16)21)5-9(18)15-6-2-3-7(13)8(14)4-6/h2-4H,5H2,1H3,(H,15,18). The third kappa shape index (κ3) is 2.71. The predicted molar refractivity (Wildman–Crippen MR) is 64.9 cm³/mol. The van der Waals surface area contributed by atoms with Gasteiger partial charge in [0.1, 0.15) is 6.54 Å². The van der Waals surface area contributed by atoms with E-state index >= 15 is 0 Å². The zero-order valence-electron chi connectivity index (χ0n) is 10.7. The molecule has 0 atom stereocenters. The van der Waals surface area contributed by atoms with Gasteiger partial charge in [-0.1, -0.05) is 0 Å². The van der Waals surface area contributed by atoms with Gasteiger partial charge in [-0.05, 0) is 12.1 Å². The highest BCUT2D eigenvalue weighted by molar-refractivity contribution is 6.44. The molecule has 1 aliphatic rings. The summed E-state index contributed by atoms with van der Waals surface area (Å²) in [6.07, 6.45) is 0. The summed E-state index contributed by atoms with van der Waals surface area (Å²) in [5.41, 5.74) is -0.0438. The average Bonchev–Trinajstić information content (AvgIpc) is 2.61. The summed E-state index contributed by atoms with van der Waals surface area (Å²) in [5.74, 6) is -5.23. The van der Waals surface area contributed by atoms with Gasteiger partial charge >= 0.3 is 17.8 Å². The first-order valence-corrected chi connectivity index (χ1v) is 5.69. The molecular weight excluding hydrogens is 288 g/mol. The van der Waals surface area contributed by atoms with E-state index in [2.05, 4.69) is 5.32 Å². The second kappa shape index (κ2) is 5.27. The van der Waals surface area contributed by atoms with E-state index in [1.165, 1.54) is 0 Å². The number of rotatable bonds is 3. The van der Waals surface area contributed by atoms with Gasteiger partial charge < -0.3 is 5.32 Å². The Balaban J connectivity index is 2.05. The lowest BCUT2D eigenvalue weighted by atomic mass is 10.3. The fourth-order valence-electron chi connectivity index (χ4n) is 1.67. The van der Waals surface area contributed by atoms with Crippen molar-refractivity contribution in [2.24, 2.45) is 0 Å². The molecule has 21 heavy (non-hydrogen) atoms. The number of benzene rings is 1. The lowest BCUT2D eigenvalue weighted by Gasteiger charge is -2.12. The van der Waals surface area contributed by atoms with Crippen molar-refractivity contribution in [1.29, 1.82) is 0 Å². The molecule has 1 N–H and O–H groups in total. The highest BCUT2D eigenvalue weighted by atomic mass is 19.2. The number of likely N-dealkylation sites (N-methyl/N-ethyl adjacent to an activating group) is 1. The molecular formula is C12H9F2N3O4. The molecule has 1 aliphatic heterocycles. The van der Waals surface area contributed by atoms with E-state index in [0.29, 0.717) is 9.80 Å². The summed E-state index contributed by atoms with van der Waals surface area (Å²) < 4.78 is 25.7. The Morgan fingerprint density at radius 3 is 2.33 bits per heavy atom. The Morgan fingerprint density at radius 2 is 1.81 bits per heavy atom. The van der Waals surface area contributed by atoms with E-state index in [-0.39, 0.29) is 5.69 Å². The minimum Gasteiger partial charge on any atom is -0.324 e. The second-order valence-electron chi connectivity index (χ2n) is 4.22. The number of amides is 5. The molecule has 0 radical (unpaired) electrons. The van der Waals surface area contributed by atoms with E-state index in [0.717, 1.165) is 25.2 Å². The smallest absolute Gasteiger partial charge is 0.324 e. The van der Waals surface area contributed by atoms with Gasteiger partial charge in [-0.15, -0.1) is 0 Å². The van der Waals surface area contributed by atoms with Gasteiger partial charge in [-0.3, -0.25) is 19.3 Å². The van der Waals surface area contributed by atoms with E-state index in [9.17, 15) is 28.0 Å². The van der Waals surface area contributed by atoms with Gasteiger partial charge in [0, 0.05) is 18.8 Å². The largest absolute Gasteiger partial charge is 0.334 e. The number of nitrogens with one attached hydrogen (secondary N) is 1. The Hall–Kier alpha value is -2.84. The lowest BCUT2D eigenvalue weighted by molar-refractivity contribution is -0.143. The zero-order valence-corrected chi connectivity index (χ0v) is 10.7. The van der Waals surface area contributed by atoms with Gasteiger partial charge in [0.15, 0.2) is 11.6 Å². The number of anilines is 1. The molecule has 0 saturated carbocycles. The quantitative estimate of drug-likeness (QED) is 0.643. The number of hydrogen-bond acceptors (Lipinski definition) is 4. The molecule has 1 saturated heterocycles. The molecule has 0 aliphatic carbocycles. The zero-order chi connectivity index (χ0) is 15.7. The van der Waals surface area contributed by atoms with Crippen LogP contribution in [0.3, 0.4) is 0 Å². The molecule has 0 bridgehead atoms. The average molecular weight is 297 g/mol. The van der Waals surface area contributed by atoms with Crippen molar-refractivity contribution in [3.05, 3.63) is 29.8 Å². The molecule has 0 aromatic heterocycles. The van der Waals surface area contributed by atoms with Crippen molar-refractivity contribution in [3.63, 3.8) is 0 Å². The minimum atomic E-state index is -1.16. The molecule has 1 fully saturated rings. The number of nitrogens with zero attached hydrogens (tertiary/aromatic N) is 2. The van der Waals surface area contributed by atoms with Crippen LogP contribution in [-0.2, 0) is 14.4 Å². The van der Waals surface area contributed by atoms with Crippen molar-refractivity contribution >= 4 is 29.4 Å². The third-order valence-corrected chi connectivity index (χ3v) is 2.76. The number of carbonyl (C=O) groups is 4. The molecule has 9 heteroatoms. The van der Waals surface area contributed by atoms with Crippen LogP contribution in [0.1, 0.15) is 0 Å². The lowest BCUT2D eigenvalue weighted by Crippen LogP contribution is -2.38. The fraction of sp³-hybridized carbons (Fsp3) is 0.167. The molecule has 1 heterocycles. The molecule has 7 nitrogen and oxygen atoms in total. The number of hydrogen-bond donors (Lipinski definition) is 1. The molecule has 110 valence electrons. The fourth-order valence-corrected chi connectivity index (χ4v) is 1.67. The molecule has 0 spiro atoms. The Morgan fingerprint density at radius 1 is 1.14 bits per heavy atom. The molecule has 2 rings (SSSR count). The number of imide groups is 2. The van der Waals surface area contributed by atoms with Crippen LogP contribution in [-0.4, -0.2) is 47.1 Å². The summed E-state index contributed by atoms with van der Waals surface area (Å²) in [5, 5.41) is 2.19. The summed E-state index contributed by atoms with van der Waals surface area (Å²) in [7, 11) is 1.11. The maximum Gasteiger partial charge on any atom is 0.334 e. The molecule has 0 unspecified atom stereocenters. The first-order chi connectivity index (χ1) is 9.81. The van der Waals surface area contributed by atoms with Gasteiger partial charge in [0.05, 0.1) is 0 Å². The van der Waals surface area contributed by atoms with E-state index < -0.39 is 41.9 Å². The van der Waals surface area contributed by atoms with Crippen LogP contribution in [0.15, 0.2) is 18.2 Å². The van der Waals surface area contributed by atoms with Crippen molar-refractivity contribution in [2.75, 3.05) is 18.9 Å². The van der Waals surface area contributed by atoms with Crippen LogP contribution in [0, 0.1) is 11.6 Å². The van der Waals surface area contributed by atoms with Gasteiger partial charge in [-0.25, -0.2) is 18.5 Å². The van der Waals surface area contributed by atoms with Crippen LogP contribution < -0.4 is 5.32 Å². The van der Waals surface area contributed by atoms with Crippen LogP contribution in [0.2, 0.25) is 0 Å². The monoisotopic (exact) mass is 297 g/mol. The number of urea groups is 1. The van der Waals surface area contributed by atoms with Crippen LogP contribution in [0.4, 0.5) is 19.3 Å². The van der Waals surface area contributed by atoms with Crippen LogP contribution in [0.5, 0.6) is 0 Å². The third-order valence-electron chi connectivity index (χ3n) is 2.76. The first kappa shape index (κ1) is 14.6. The van der Waals surface area contributed by atoms with Crippen molar-refractivity contribution in [2.45, 2.75) is 0 Å². The van der Waals surface area contributed by atoms with E-state index in [1.807, 2.05) is 0 Å². The Kier molecular flexibility index (Phi) is 3.66. The van der Waals surface area contributed by atoms with Crippen LogP contribution >= 0.6 is 0 Å². The van der Waals surface area contributed by atoms with Gasteiger partial charge in [0.2, 0.25) is 5.91 Å². The molecule has 1 aromatic carbocycles. The normalized spacial score (nSPS) is 14.9. The van der Waals surface area contributed by atoms with Crippen LogP contribution in [0.25, 0.3) is 0 Å². The first-order valence-electron chi connectivity index (χ1n) is 5.69. The maximum absolute atomic E-state index is 13.0. The maximum atomic E-state index is 13.0. The highest BCUT2D eigenvalue weighted by Gasteiger charge is 2.42. The van der Waals surface area contributed by atoms with Gasteiger partial charge in [-0.2, -0.15) is 0 Å². The van der Waals surface area contributed by atoms with Crippen molar-refractivity contribution in [3.8, 4) is 0 Å². The summed E-state index contributed by atoms with van der Waals surface area (Å²) >= 11 is 0. The number of halogens is 2. The summed E-state index contributed by atoms with van der Waals surface area (Å²) in [4.78, 5) is 46.9. The number of carbonyl (C=O) groups excluding carboxylic acids is 4. The van der Waals surface area contributed by atoms with Crippen molar-refractivity contribution in [1.82, 2.24) is 9.80 Å². The summed E-state index contributed by atoms with van der Waals surface area (Å²) in [6.45, 7) is -0.702. The highest BCUT2D eigenvalue weighted by Crippen LogP contribution is 2.14. The Bertz CT molecular complexity index is 662. The predicted octanol–water partition coefficient (Wildman–Crippen LogP) is 0.324. The van der Waals surface area contributed by atoms with E-state index in [1.54, 1.807) is 0 Å². The molecule has 1 aromatic rings. The summed E-state index contributed by atoms with van der Waals surface area (Å²) in [6, 6.07) is 1.75. The molecule has 5 amide bonds. The SMILES string of the molecule is CN1C(=O)C(=O)N(CC(=O)Nc2ccc(F)c(F)c2)C1=O. The minimum absolute atomic E-state index is 0.0438. The topological polar surface area (TPSA) is 86.8 Å². The van der Waals surface area contributed by atoms with Gasteiger partial charge in [0.25, 0.3) is 0 Å². The van der Waals surface area contributed by atoms with E-state index in [4.69, 9.17) is 0 Å². The van der Waals surface area contributed by atoms with Crippen molar-refractivity contribution < 1.29 is 28.0 Å².